The van der Waals surface area contributed by atoms with Gasteiger partial charge >= 0.3 is 5.97 Å². The van der Waals surface area contributed by atoms with Crippen LogP contribution in [0.15, 0.2) is 29.2 Å². The van der Waals surface area contributed by atoms with Gasteiger partial charge in [-0.05, 0) is 38.0 Å². The van der Waals surface area contributed by atoms with E-state index in [4.69, 9.17) is 4.74 Å². The van der Waals surface area contributed by atoms with E-state index in [-0.39, 0.29) is 22.4 Å². The van der Waals surface area contributed by atoms with E-state index < -0.39 is 34.5 Å². The molecule has 0 bridgehead atoms. The molecule has 0 aliphatic heterocycles. The molecule has 1 saturated carbocycles. The zero-order chi connectivity index (χ0) is 20.2. The lowest BCUT2D eigenvalue weighted by atomic mass is 10.2. The highest BCUT2D eigenvalue weighted by molar-refractivity contribution is 7.89. The van der Waals surface area contributed by atoms with Crippen molar-refractivity contribution in [1.29, 1.82) is 0 Å². The summed E-state index contributed by atoms with van der Waals surface area (Å²) in [6.07, 6.45) is 0.888. The average Bonchev–Trinajstić information content (AvgIpc) is 3.43. The second kappa shape index (κ2) is 8.49. The molecule has 1 atom stereocenters. The van der Waals surface area contributed by atoms with E-state index in [0.29, 0.717) is 0 Å². The molecule has 1 aliphatic rings. The third kappa shape index (κ3) is 5.76. The lowest BCUT2D eigenvalue weighted by molar-refractivity contribution is -0.153. The Hall–Kier alpha value is -2.46. The van der Waals surface area contributed by atoms with Crippen LogP contribution in [0.25, 0.3) is 0 Å². The first-order chi connectivity index (χ1) is 12.6. The van der Waals surface area contributed by atoms with Crippen molar-refractivity contribution in [2.75, 3.05) is 20.6 Å². The number of carbonyl (C=O) groups excluding carboxylic acids is 3. The van der Waals surface area contributed by atoms with Crippen LogP contribution in [0, 0.1) is 0 Å². The molecule has 2 rings (SSSR count). The molecular formula is C17H23N3O6S. The first-order valence-corrected chi connectivity index (χ1v) is 9.86. The van der Waals surface area contributed by atoms with Crippen molar-refractivity contribution in [3.05, 3.63) is 29.8 Å². The SMILES string of the molecule is C[C@H](OC(=O)CNC(=O)c1cccc(S(=O)(=O)N(C)C)c1)C(=O)NC1CC1. The number of hydrogen-bond acceptors (Lipinski definition) is 6. The molecule has 27 heavy (non-hydrogen) atoms. The Labute approximate surface area is 158 Å². The molecule has 0 spiro atoms. The molecule has 148 valence electrons. The van der Waals surface area contributed by atoms with Crippen molar-refractivity contribution >= 4 is 27.8 Å². The summed E-state index contributed by atoms with van der Waals surface area (Å²) in [5.41, 5.74) is 0.0882. The molecule has 0 heterocycles. The smallest absolute Gasteiger partial charge is 0.326 e. The third-order valence-corrected chi connectivity index (χ3v) is 5.68. The molecule has 0 radical (unpaired) electrons. The Morgan fingerprint density at radius 3 is 2.52 bits per heavy atom. The number of sulfonamides is 1. The van der Waals surface area contributed by atoms with Crippen molar-refractivity contribution in [3.8, 4) is 0 Å². The van der Waals surface area contributed by atoms with Gasteiger partial charge in [0, 0.05) is 25.7 Å². The van der Waals surface area contributed by atoms with Gasteiger partial charge in [-0.15, -0.1) is 0 Å². The predicted octanol–water partition coefficient (Wildman–Crippen LogP) is -0.123. The summed E-state index contributed by atoms with van der Waals surface area (Å²) in [6, 6.07) is 5.63. The van der Waals surface area contributed by atoms with Crippen LogP contribution in [0.2, 0.25) is 0 Å². The summed E-state index contributed by atoms with van der Waals surface area (Å²) in [5.74, 6) is -1.77. The quantitative estimate of drug-likeness (QED) is 0.590. The highest BCUT2D eigenvalue weighted by atomic mass is 32.2. The first-order valence-electron chi connectivity index (χ1n) is 8.42. The van der Waals surface area contributed by atoms with Gasteiger partial charge in [0.05, 0.1) is 4.90 Å². The minimum atomic E-state index is -3.68. The summed E-state index contributed by atoms with van der Waals surface area (Å²) in [6.45, 7) is 1.01. The monoisotopic (exact) mass is 397 g/mol. The number of nitrogens with one attached hydrogen (secondary N) is 2. The Balaban J connectivity index is 1.89. The Morgan fingerprint density at radius 1 is 1.26 bits per heavy atom. The second-order valence-corrected chi connectivity index (χ2v) is 8.56. The fourth-order valence-electron chi connectivity index (χ4n) is 2.10. The van der Waals surface area contributed by atoms with Crippen LogP contribution in [-0.2, 0) is 24.3 Å². The van der Waals surface area contributed by atoms with Crippen molar-refractivity contribution < 1.29 is 27.5 Å². The summed E-state index contributed by atoms with van der Waals surface area (Å²) in [5, 5.41) is 5.07. The van der Waals surface area contributed by atoms with Crippen LogP contribution in [0.1, 0.15) is 30.1 Å². The van der Waals surface area contributed by atoms with Gasteiger partial charge in [0.1, 0.15) is 6.54 Å². The van der Waals surface area contributed by atoms with E-state index in [9.17, 15) is 22.8 Å². The maximum absolute atomic E-state index is 12.2. The Morgan fingerprint density at radius 2 is 1.93 bits per heavy atom. The van der Waals surface area contributed by atoms with Crippen molar-refractivity contribution in [1.82, 2.24) is 14.9 Å². The molecule has 0 unspecified atom stereocenters. The number of rotatable bonds is 8. The highest BCUT2D eigenvalue weighted by Crippen LogP contribution is 2.18. The number of carbonyl (C=O) groups is 3. The fourth-order valence-corrected chi connectivity index (χ4v) is 3.05. The van der Waals surface area contributed by atoms with E-state index in [2.05, 4.69) is 10.6 Å². The number of benzene rings is 1. The van der Waals surface area contributed by atoms with Crippen molar-refractivity contribution in [2.24, 2.45) is 0 Å². The average molecular weight is 397 g/mol. The normalized spacial score (nSPS) is 15.1. The van der Waals surface area contributed by atoms with Crippen LogP contribution >= 0.6 is 0 Å². The molecule has 0 saturated heterocycles. The lowest BCUT2D eigenvalue weighted by Gasteiger charge is -2.14. The number of hydrogen-bond donors (Lipinski definition) is 2. The molecule has 2 N–H and O–H groups in total. The molecule has 9 nitrogen and oxygen atoms in total. The summed E-state index contributed by atoms with van der Waals surface area (Å²) in [4.78, 5) is 35.7. The minimum Gasteiger partial charge on any atom is -0.451 e. The first kappa shape index (κ1) is 20.8. The van der Waals surface area contributed by atoms with E-state index in [1.165, 1.54) is 45.3 Å². The summed E-state index contributed by atoms with van der Waals surface area (Å²) < 4.78 is 30.2. The van der Waals surface area contributed by atoms with Gasteiger partial charge in [0.2, 0.25) is 10.0 Å². The molecule has 1 aromatic carbocycles. The van der Waals surface area contributed by atoms with Gasteiger partial charge in [-0.2, -0.15) is 0 Å². The Bertz CT molecular complexity index is 833. The van der Waals surface area contributed by atoms with Gasteiger partial charge in [-0.3, -0.25) is 14.4 Å². The molecule has 1 fully saturated rings. The van der Waals surface area contributed by atoms with Gasteiger partial charge in [-0.25, -0.2) is 12.7 Å². The van der Waals surface area contributed by atoms with Crippen LogP contribution in [-0.4, -0.2) is 63.3 Å². The summed E-state index contributed by atoms with van der Waals surface area (Å²) in [7, 11) is -0.902. The number of amides is 2. The molecule has 1 aliphatic carbocycles. The topological polar surface area (TPSA) is 122 Å². The van der Waals surface area contributed by atoms with Crippen LogP contribution in [0.4, 0.5) is 0 Å². The number of ether oxygens (including phenoxy) is 1. The predicted molar refractivity (Wildman–Crippen MR) is 96.4 cm³/mol. The molecule has 2 amide bonds. The molecule has 0 aromatic heterocycles. The standard InChI is InChI=1S/C17H23N3O6S/c1-11(16(22)19-13-7-8-13)26-15(21)10-18-17(23)12-5-4-6-14(9-12)27(24,25)20(2)3/h4-6,9,11,13H,7-8,10H2,1-3H3,(H,18,23)(H,19,22)/t11-/m0/s1. The molecule has 10 heteroatoms. The maximum atomic E-state index is 12.2. The van der Waals surface area contributed by atoms with Crippen LogP contribution < -0.4 is 10.6 Å². The second-order valence-electron chi connectivity index (χ2n) is 6.41. The van der Waals surface area contributed by atoms with Gasteiger partial charge in [-0.1, -0.05) is 6.07 Å². The van der Waals surface area contributed by atoms with Gasteiger partial charge < -0.3 is 15.4 Å². The third-order valence-electron chi connectivity index (χ3n) is 3.87. The zero-order valence-corrected chi connectivity index (χ0v) is 16.2. The highest BCUT2D eigenvalue weighted by Gasteiger charge is 2.27. The van der Waals surface area contributed by atoms with Crippen molar-refractivity contribution in [2.45, 2.75) is 36.8 Å². The zero-order valence-electron chi connectivity index (χ0n) is 15.4. The van der Waals surface area contributed by atoms with Crippen LogP contribution in [0.3, 0.4) is 0 Å². The van der Waals surface area contributed by atoms with E-state index in [1.807, 2.05) is 0 Å². The van der Waals surface area contributed by atoms with Gasteiger partial charge in [0.25, 0.3) is 11.8 Å². The molecular weight excluding hydrogens is 374 g/mol. The van der Waals surface area contributed by atoms with E-state index in [1.54, 1.807) is 0 Å². The molecule has 1 aromatic rings. The van der Waals surface area contributed by atoms with Crippen molar-refractivity contribution in [3.63, 3.8) is 0 Å². The fraction of sp³-hybridized carbons (Fsp3) is 0.471. The number of nitrogens with zero attached hydrogens (tertiary/aromatic N) is 1. The van der Waals surface area contributed by atoms with Gasteiger partial charge in [0.15, 0.2) is 6.10 Å². The summed E-state index contributed by atoms with van der Waals surface area (Å²) >= 11 is 0. The maximum Gasteiger partial charge on any atom is 0.326 e. The van der Waals surface area contributed by atoms with E-state index in [0.717, 1.165) is 17.1 Å². The Kier molecular flexibility index (Phi) is 6.55. The minimum absolute atomic E-state index is 0.0342. The largest absolute Gasteiger partial charge is 0.451 e. The van der Waals surface area contributed by atoms with Crippen LogP contribution in [0.5, 0.6) is 0 Å². The lowest BCUT2D eigenvalue weighted by Crippen LogP contribution is -2.39. The van der Waals surface area contributed by atoms with E-state index >= 15 is 0 Å². The number of esters is 1.